The summed E-state index contributed by atoms with van der Waals surface area (Å²) in [6.45, 7) is 0.600. The fourth-order valence-electron chi connectivity index (χ4n) is 2.45. The second-order valence-corrected chi connectivity index (χ2v) is 5.85. The lowest BCUT2D eigenvalue weighted by molar-refractivity contribution is 0.627. The first-order valence-electron chi connectivity index (χ1n) is 7.83. The van der Waals surface area contributed by atoms with Gasteiger partial charge in [-0.2, -0.15) is 10.4 Å². The van der Waals surface area contributed by atoms with Crippen LogP contribution in [0.5, 0.6) is 0 Å². The van der Waals surface area contributed by atoms with Gasteiger partial charge in [0.2, 0.25) is 0 Å². The van der Waals surface area contributed by atoms with Gasteiger partial charge in [-0.25, -0.2) is 14.1 Å². The molecule has 0 unspecified atom stereocenters. The Bertz CT molecular complexity index is 947. The largest absolute Gasteiger partial charge is 0.382 e. The summed E-state index contributed by atoms with van der Waals surface area (Å²) >= 11 is 5.78. The molecular formula is C17H15ClFN7. The number of nitrogens with one attached hydrogen (secondary N) is 1. The SMILES string of the molecule is N#Cc1c(CCCNc2cncc(Cl)n2)nn(-c2ccc(F)cc2)c1N. The lowest BCUT2D eigenvalue weighted by Crippen LogP contribution is -2.06. The number of halogens is 2. The number of aromatic nitrogens is 4. The number of nitrogens with zero attached hydrogens (tertiary/aromatic N) is 5. The molecule has 0 atom stereocenters. The number of rotatable bonds is 6. The van der Waals surface area contributed by atoms with E-state index < -0.39 is 0 Å². The third kappa shape index (κ3) is 3.90. The van der Waals surface area contributed by atoms with Crippen LogP contribution in [-0.2, 0) is 6.42 Å². The molecule has 0 aliphatic heterocycles. The standard InChI is InChI=1S/C17H15ClFN7/c18-15-9-22-10-16(24-15)23-7-1-2-14-13(8-20)17(21)26(25-14)12-5-3-11(19)4-6-12/h3-6,9-10H,1-2,7,21H2,(H,23,24). The molecule has 0 spiro atoms. The van der Waals surface area contributed by atoms with E-state index in [1.807, 2.05) is 0 Å². The molecule has 2 heterocycles. The molecule has 2 aromatic heterocycles. The lowest BCUT2D eigenvalue weighted by Gasteiger charge is -2.04. The Balaban J connectivity index is 1.69. The maximum atomic E-state index is 13.1. The van der Waals surface area contributed by atoms with E-state index in [1.165, 1.54) is 23.0 Å². The van der Waals surface area contributed by atoms with E-state index in [-0.39, 0.29) is 11.6 Å². The van der Waals surface area contributed by atoms with Crippen LogP contribution in [0, 0.1) is 17.1 Å². The molecule has 3 rings (SSSR count). The number of anilines is 2. The fourth-order valence-corrected chi connectivity index (χ4v) is 2.60. The quantitative estimate of drug-likeness (QED) is 0.645. The van der Waals surface area contributed by atoms with Crippen LogP contribution in [0.3, 0.4) is 0 Å². The number of hydrogen-bond acceptors (Lipinski definition) is 6. The number of nitriles is 1. The Kier molecular flexibility index (Phi) is 5.29. The predicted molar refractivity (Wildman–Crippen MR) is 96.5 cm³/mol. The molecule has 0 fully saturated rings. The summed E-state index contributed by atoms with van der Waals surface area (Å²) in [6, 6.07) is 7.84. The maximum Gasteiger partial charge on any atom is 0.149 e. The van der Waals surface area contributed by atoms with Crippen molar-refractivity contribution in [2.75, 3.05) is 17.6 Å². The van der Waals surface area contributed by atoms with Gasteiger partial charge in [-0.15, -0.1) is 0 Å². The van der Waals surface area contributed by atoms with Crippen LogP contribution in [0.25, 0.3) is 5.69 Å². The van der Waals surface area contributed by atoms with E-state index >= 15 is 0 Å². The molecule has 3 N–H and O–H groups in total. The highest BCUT2D eigenvalue weighted by atomic mass is 35.5. The first-order valence-corrected chi connectivity index (χ1v) is 8.21. The average Bonchev–Trinajstić information content (AvgIpc) is 2.95. The lowest BCUT2D eigenvalue weighted by atomic mass is 10.1. The Hall–Kier alpha value is -3.18. The summed E-state index contributed by atoms with van der Waals surface area (Å²) < 4.78 is 14.5. The molecule has 1 aromatic carbocycles. The van der Waals surface area contributed by atoms with Crippen LogP contribution < -0.4 is 11.1 Å². The third-order valence-corrected chi connectivity index (χ3v) is 3.86. The highest BCUT2D eigenvalue weighted by Gasteiger charge is 2.16. The first-order chi connectivity index (χ1) is 12.6. The van der Waals surface area contributed by atoms with Crippen molar-refractivity contribution in [2.24, 2.45) is 0 Å². The van der Waals surface area contributed by atoms with Gasteiger partial charge in [-0.05, 0) is 37.1 Å². The highest BCUT2D eigenvalue weighted by Crippen LogP contribution is 2.21. The van der Waals surface area contributed by atoms with Gasteiger partial charge < -0.3 is 11.1 Å². The minimum atomic E-state index is -0.351. The van der Waals surface area contributed by atoms with Crippen LogP contribution in [0.15, 0.2) is 36.7 Å². The van der Waals surface area contributed by atoms with Crippen LogP contribution in [-0.4, -0.2) is 26.3 Å². The molecule has 7 nitrogen and oxygen atoms in total. The van der Waals surface area contributed by atoms with Gasteiger partial charge in [-0.3, -0.25) is 4.98 Å². The van der Waals surface area contributed by atoms with Crippen LogP contribution in [0.2, 0.25) is 5.15 Å². The molecule has 0 saturated carbocycles. The van der Waals surface area contributed by atoms with E-state index in [4.69, 9.17) is 17.3 Å². The van der Waals surface area contributed by atoms with E-state index in [0.717, 1.165) is 0 Å². The molecule has 3 aromatic rings. The smallest absolute Gasteiger partial charge is 0.149 e. The Morgan fingerprint density at radius 2 is 2.04 bits per heavy atom. The molecule has 0 radical (unpaired) electrons. The normalized spacial score (nSPS) is 10.5. The topological polar surface area (TPSA) is 105 Å². The van der Waals surface area contributed by atoms with Gasteiger partial charge in [0.15, 0.2) is 0 Å². The monoisotopic (exact) mass is 371 g/mol. The molecule has 0 aliphatic rings. The molecule has 0 amide bonds. The van der Waals surface area contributed by atoms with E-state index in [1.54, 1.807) is 18.3 Å². The van der Waals surface area contributed by atoms with E-state index in [2.05, 4.69) is 26.5 Å². The van der Waals surface area contributed by atoms with E-state index in [0.29, 0.717) is 47.3 Å². The van der Waals surface area contributed by atoms with E-state index in [9.17, 15) is 9.65 Å². The van der Waals surface area contributed by atoms with Crippen molar-refractivity contribution >= 4 is 23.2 Å². The third-order valence-electron chi connectivity index (χ3n) is 3.68. The maximum absolute atomic E-state index is 13.1. The predicted octanol–water partition coefficient (Wildman–Crippen LogP) is 2.95. The zero-order chi connectivity index (χ0) is 18.5. The second-order valence-electron chi connectivity index (χ2n) is 5.46. The van der Waals surface area contributed by atoms with Crippen molar-refractivity contribution in [1.82, 2.24) is 19.7 Å². The molecule has 0 bridgehead atoms. The first kappa shape index (κ1) is 17.6. The minimum absolute atomic E-state index is 0.239. The number of nitrogen functional groups attached to an aromatic ring is 1. The molecule has 132 valence electrons. The Morgan fingerprint density at radius 3 is 2.73 bits per heavy atom. The highest BCUT2D eigenvalue weighted by molar-refractivity contribution is 6.29. The number of nitrogens with two attached hydrogens (primary N) is 1. The van der Waals surface area contributed by atoms with Crippen molar-refractivity contribution in [1.29, 1.82) is 5.26 Å². The van der Waals surface area contributed by atoms with Crippen LogP contribution >= 0.6 is 11.6 Å². The van der Waals surface area contributed by atoms with Crippen molar-refractivity contribution in [3.63, 3.8) is 0 Å². The minimum Gasteiger partial charge on any atom is -0.382 e. The summed E-state index contributed by atoms with van der Waals surface area (Å²) in [5.74, 6) is 0.465. The van der Waals surface area contributed by atoms with Gasteiger partial charge in [0.05, 0.1) is 23.8 Å². The average molecular weight is 372 g/mol. The zero-order valence-electron chi connectivity index (χ0n) is 13.7. The Morgan fingerprint density at radius 1 is 1.27 bits per heavy atom. The molecule has 9 heteroatoms. The molecular weight excluding hydrogens is 357 g/mol. The summed E-state index contributed by atoms with van der Waals surface area (Å²) in [7, 11) is 0. The van der Waals surface area contributed by atoms with Gasteiger partial charge >= 0.3 is 0 Å². The Labute approximate surface area is 154 Å². The second kappa shape index (κ2) is 7.80. The van der Waals surface area contributed by atoms with Crippen LogP contribution in [0.1, 0.15) is 17.7 Å². The van der Waals surface area contributed by atoms with Gasteiger partial charge in [-0.1, -0.05) is 11.6 Å². The summed E-state index contributed by atoms with van der Waals surface area (Å²) in [5, 5.41) is 17.2. The molecule has 0 aliphatic carbocycles. The van der Waals surface area contributed by atoms with Crippen molar-refractivity contribution in [2.45, 2.75) is 12.8 Å². The van der Waals surface area contributed by atoms with Gasteiger partial charge in [0, 0.05) is 6.54 Å². The number of aryl methyl sites for hydroxylation is 1. The van der Waals surface area contributed by atoms with Crippen LogP contribution in [0.4, 0.5) is 16.0 Å². The zero-order valence-corrected chi connectivity index (χ0v) is 14.4. The van der Waals surface area contributed by atoms with Crippen molar-refractivity contribution in [3.8, 4) is 11.8 Å². The fraction of sp³-hybridized carbons (Fsp3) is 0.176. The van der Waals surface area contributed by atoms with Crippen molar-refractivity contribution in [3.05, 3.63) is 58.9 Å². The van der Waals surface area contributed by atoms with Gasteiger partial charge in [0.1, 0.15) is 34.2 Å². The molecule has 0 saturated heterocycles. The summed E-state index contributed by atoms with van der Waals surface area (Å²) in [4.78, 5) is 8.03. The van der Waals surface area contributed by atoms with Crippen molar-refractivity contribution < 1.29 is 4.39 Å². The van der Waals surface area contributed by atoms with Gasteiger partial charge in [0.25, 0.3) is 0 Å². The summed E-state index contributed by atoms with van der Waals surface area (Å²) in [6.07, 6.45) is 4.27. The molecule has 26 heavy (non-hydrogen) atoms. The number of hydrogen-bond donors (Lipinski definition) is 2. The number of benzene rings is 1. The summed E-state index contributed by atoms with van der Waals surface area (Å²) in [5.41, 5.74) is 7.55.